The van der Waals surface area contributed by atoms with E-state index in [0.29, 0.717) is 17.9 Å². The van der Waals surface area contributed by atoms with Crippen molar-refractivity contribution in [3.05, 3.63) is 47.2 Å². The average Bonchev–Trinajstić information content (AvgIpc) is 2.61. The number of rotatable bonds is 4. The lowest BCUT2D eigenvalue weighted by Gasteiger charge is -2.31. The Bertz CT molecular complexity index is 924. The Morgan fingerprint density at radius 1 is 1.26 bits per heavy atom. The highest BCUT2D eigenvalue weighted by Crippen LogP contribution is 2.29. The summed E-state index contributed by atoms with van der Waals surface area (Å²) in [5.41, 5.74) is -1.12. The van der Waals surface area contributed by atoms with Crippen molar-refractivity contribution in [1.82, 2.24) is 14.3 Å². The van der Waals surface area contributed by atoms with Crippen molar-refractivity contribution in [2.45, 2.75) is 30.0 Å². The maximum atomic E-state index is 12.8. The summed E-state index contributed by atoms with van der Waals surface area (Å²) in [4.78, 5) is 7.08. The van der Waals surface area contributed by atoms with Gasteiger partial charge in [-0.1, -0.05) is 17.7 Å². The second-order valence-corrected chi connectivity index (χ2v) is 8.30. The van der Waals surface area contributed by atoms with Crippen LogP contribution in [-0.2, 0) is 16.2 Å². The summed E-state index contributed by atoms with van der Waals surface area (Å²) in [6.07, 6.45) is -3.36. The minimum absolute atomic E-state index is 0.0194. The van der Waals surface area contributed by atoms with E-state index >= 15 is 0 Å². The standard InChI is InChI=1S/C16H15ClF3N3O3S/c17-11-3-1-5-13(9-11)27(24,25)23-8-2-4-12(10-23)26-15-21-7-6-14(22-15)16(18,19)20/h1,3,5-7,9,12H,2,4,8,10H2. The van der Waals surface area contributed by atoms with Gasteiger partial charge in [-0.15, -0.1) is 0 Å². The molecule has 1 aliphatic heterocycles. The number of halogens is 4. The van der Waals surface area contributed by atoms with Crippen LogP contribution in [0.4, 0.5) is 13.2 Å². The lowest BCUT2D eigenvalue weighted by atomic mass is 10.1. The molecule has 27 heavy (non-hydrogen) atoms. The number of piperidine rings is 1. The third kappa shape index (κ3) is 4.69. The summed E-state index contributed by atoms with van der Waals surface area (Å²) in [6, 6.07) is 6.18. The van der Waals surface area contributed by atoms with E-state index in [-0.39, 0.29) is 18.0 Å². The van der Waals surface area contributed by atoms with Gasteiger partial charge in [0, 0.05) is 17.8 Å². The molecule has 2 heterocycles. The van der Waals surface area contributed by atoms with Crippen molar-refractivity contribution >= 4 is 21.6 Å². The predicted octanol–water partition coefficient (Wildman–Crippen LogP) is 3.38. The monoisotopic (exact) mass is 421 g/mol. The minimum Gasteiger partial charge on any atom is -0.459 e. The van der Waals surface area contributed by atoms with Gasteiger partial charge in [0.1, 0.15) is 6.10 Å². The number of alkyl halides is 3. The fourth-order valence-electron chi connectivity index (χ4n) is 2.70. The van der Waals surface area contributed by atoms with Crippen molar-refractivity contribution in [2.24, 2.45) is 0 Å². The van der Waals surface area contributed by atoms with Gasteiger partial charge >= 0.3 is 12.2 Å². The maximum absolute atomic E-state index is 12.8. The molecule has 0 radical (unpaired) electrons. The number of benzene rings is 1. The third-order valence-electron chi connectivity index (χ3n) is 3.97. The first-order chi connectivity index (χ1) is 12.7. The molecule has 1 aromatic heterocycles. The van der Waals surface area contributed by atoms with E-state index in [1.807, 2.05) is 0 Å². The van der Waals surface area contributed by atoms with Crippen LogP contribution in [0, 0.1) is 0 Å². The summed E-state index contributed by atoms with van der Waals surface area (Å²) in [5.74, 6) is 0. The molecule has 0 spiro atoms. The van der Waals surface area contributed by atoms with Crippen molar-refractivity contribution in [1.29, 1.82) is 0 Å². The molecule has 0 amide bonds. The van der Waals surface area contributed by atoms with E-state index in [4.69, 9.17) is 16.3 Å². The smallest absolute Gasteiger partial charge is 0.433 e. The Labute approximate surface area is 159 Å². The van der Waals surface area contributed by atoms with Crippen LogP contribution >= 0.6 is 11.6 Å². The molecule has 11 heteroatoms. The van der Waals surface area contributed by atoms with Crippen molar-refractivity contribution < 1.29 is 26.3 Å². The molecule has 1 saturated heterocycles. The second-order valence-electron chi connectivity index (χ2n) is 5.92. The normalized spacial score (nSPS) is 19.0. The van der Waals surface area contributed by atoms with E-state index in [2.05, 4.69) is 9.97 Å². The Morgan fingerprint density at radius 2 is 2.04 bits per heavy atom. The first-order valence-electron chi connectivity index (χ1n) is 7.99. The number of aromatic nitrogens is 2. The molecule has 0 bridgehead atoms. The largest absolute Gasteiger partial charge is 0.459 e. The van der Waals surface area contributed by atoms with Gasteiger partial charge in [0.25, 0.3) is 0 Å². The lowest BCUT2D eigenvalue weighted by Crippen LogP contribution is -2.44. The zero-order valence-electron chi connectivity index (χ0n) is 13.9. The van der Waals surface area contributed by atoms with Crippen LogP contribution in [-0.4, -0.2) is 41.9 Å². The third-order valence-corrected chi connectivity index (χ3v) is 6.07. The summed E-state index contributed by atoms with van der Waals surface area (Å²) >= 11 is 5.86. The molecule has 1 fully saturated rings. The Kier molecular flexibility index (Phi) is 5.59. The molecule has 146 valence electrons. The van der Waals surface area contributed by atoms with Crippen LogP contribution in [0.1, 0.15) is 18.5 Å². The fourth-order valence-corrected chi connectivity index (χ4v) is 4.51. The van der Waals surface area contributed by atoms with Gasteiger partial charge in [0.2, 0.25) is 10.0 Å². The number of nitrogens with zero attached hydrogens (tertiary/aromatic N) is 3. The first kappa shape index (κ1) is 19.8. The Balaban J connectivity index is 1.75. The number of hydrogen-bond acceptors (Lipinski definition) is 5. The van der Waals surface area contributed by atoms with E-state index < -0.39 is 34.0 Å². The summed E-state index contributed by atoms with van der Waals surface area (Å²) in [7, 11) is -3.79. The molecule has 6 nitrogen and oxygen atoms in total. The van der Waals surface area contributed by atoms with E-state index in [1.54, 1.807) is 6.07 Å². The molecule has 1 aromatic carbocycles. The second kappa shape index (κ2) is 7.61. The molecular weight excluding hydrogens is 407 g/mol. The predicted molar refractivity (Wildman–Crippen MR) is 90.9 cm³/mol. The van der Waals surface area contributed by atoms with Gasteiger partial charge in [-0.05, 0) is 37.1 Å². The molecule has 0 saturated carbocycles. The van der Waals surface area contributed by atoms with Gasteiger partial charge in [0.15, 0.2) is 5.69 Å². The van der Waals surface area contributed by atoms with Gasteiger partial charge in [-0.25, -0.2) is 13.4 Å². The lowest BCUT2D eigenvalue weighted by molar-refractivity contribution is -0.141. The summed E-state index contributed by atoms with van der Waals surface area (Å²) in [5, 5.41) is 0.290. The summed E-state index contributed by atoms with van der Waals surface area (Å²) < 4.78 is 70.4. The first-order valence-corrected chi connectivity index (χ1v) is 9.81. The van der Waals surface area contributed by atoms with Crippen LogP contribution < -0.4 is 4.74 Å². The Morgan fingerprint density at radius 3 is 2.74 bits per heavy atom. The zero-order chi connectivity index (χ0) is 19.7. The van der Waals surface area contributed by atoms with Crippen molar-refractivity contribution in [3.8, 4) is 6.01 Å². The van der Waals surface area contributed by atoms with Crippen LogP contribution in [0.2, 0.25) is 5.02 Å². The van der Waals surface area contributed by atoms with Crippen LogP contribution in [0.5, 0.6) is 6.01 Å². The highest BCUT2D eigenvalue weighted by atomic mass is 35.5. The highest BCUT2D eigenvalue weighted by Gasteiger charge is 2.34. The van der Waals surface area contributed by atoms with E-state index in [1.165, 1.54) is 22.5 Å². The molecule has 3 rings (SSSR count). The fraction of sp³-hybridized carbons (Fsp3) is 0.375. The van der Waals surface area contributed by atoms with Crippen molar-refractivity contribution in [3.63, 3.8) is 0 Å². The molecule has 0 aliphatic carbocycles. The summed E-state index contributed by atoms with van der Waals surface area (Å²) in [6.45, 7) is 0.257. The minimum atomic E-state index is -4.62. The highest BCUT2D eigenvalue weighted by molar-refractivity contribution is 7.89. The number of ether oxygens (including phenoxy) is 1. The van der Waals surface area contributed by atoms with Crippen LogP contribution in [0.3, 0.4) is 0 Å². The number of hydrogen-bond donors (Lipinski definition) is 0. The quantitative estimate of drug-likeness (QED) is 0.756. The zero-order valence-corrected chi connectivity index (χ0v) is 15.4. The molecule has 2 aromatic rings. The van der Waals surface area contributed by atoms with Gasteiger partial charge < -0.3 is 4.74 Å². The number of sulfonamides is 1. The molecule has 1 atom stereocenters. The average molecular weight is 422 g/mol. The molecule has 0 N–H and O–H groups in total. The van der Waals surface area contributed by atoms with Gasteiger partial charge in [0.05, 0.1) is 11.4 Å². The van der Waals surface area contributed by atoms with E-state index in [0.717, 1.165) is 12.3 Å². The van der Waals surface area contributed by atoms with Gasteiger partial charge in [-0.3, -0.25) is 0 Å². The Hall–Kier alpha value is -1.91. The SMILES string of the molecule is O=S(=O)(c1cccc(Cl)c1)N1CCCC(Oc2nccc(C(F)(F)F)n2)C1. The molecule has 1 aliphatic rings. The van der Waals surface area contributed by atoms with Crippen LogP contribution in [0.25, 0.3) is 0 Å². The van der Waals surface area contributed by atoms with E-state index in [9.17, 15) is 21.6 Å². The topological polar surface area (TPSA) is 72.4 Å². The maximum Gasteiger partial charge on any atom is 0.433 e. The van der Waals surface area contributed by atoms with Crippen molar-refractivity contribution in [2.75, 3.05) is 13.1 Å². The van der Waals surface area contributed by atoms with Gasteiger partial charge in [-0.2, -0.15) is 22.5 Å². The van der Waals surface area contributed by atoms with Crippen LogP contribution in [0.15, 0.2) is 41.4 Å². The molecule has 1 unspecified atom stereocenters. The molecular formula is C16H15ClF3N3O3S.